The highest BCUT2D eigenvalue weighted by Gasteiger charge is 2.14. The molecule has 1 saturated heterocycles. The Kier molecular flexibility index (Phi) is 6.85. The van der Waals surface area contributed by atoms with Gasteiger partial charge in [-0.2, -0.15) is 0 Å². The van der Waals surface area contributed by atoms with E-state index in [0.29, 0.717) is 6.10 Å². The minimum atomic E-state index is 0.341. The van der Waals surface area contributed by atoms with E-state index in [1.54, 1.807) is 0 Å². The molecular weight excluding hydrogens is 306 g/mol. The number of benzene rings is 1. The van der Waals surface area contributed by atoms with Gasteiger partial charge < -0.3 is 14.8 Å². The smallest absolute Gasteiger partial charge is 0.0809 e. The number of ether oxygens (including phenoxy) is 2. The van der Waals surface area contributed by atoms with Gasteiger partial charge in [0.1, 0.15) is 0 Å². The molecule has 0 spiro atoms. The minimum absolute atomic E-state index is 0.341. The second kappa shape index (κ2) is 8.69. The molecule has 1 N–H and O–H groups in total. The van der Waals surface area contributed by atoms with Gasteiger partial charge in [-0.15, -0.1) is 0 Å². The molecule has 0 bridgehead atoms. The van der Waals surface area contributed by atoms with Crippen molar-refractivity contribution in [3.8, 4) is 0 Å². The Morgan fingerprint density at radius 3 is 3.05 bits per heavy atom. The third-order valence-electron chi connectivity index (χ3n) is 3.24. The van der Waals surface area contributed by atoms with Crippen molar-refractivity contribution in [2.75, 3.05) is 26.4 Å². The van der Waals surface area contributed by atoms with Crippen molar-refractivity contribution in [3.05, 3.63) is 34.3 Å². The number of rotatable bonds is 8. The van der Waals surface area contributed by atoms with E-state index in [1.165, 1.54) is 12.0 Å². The molecule has 0 radical (unpaired) electrons. The molecule has 1 aromatic rings. The van der Waals surface area contributed by atoms with Gasteiger partial charge in [-0.1, -0.05) is 34.1 Å². The molecule has 19 heavy (non-hydrogen) atoms. The number of halogens is 1. The Hall–Kier alpha value is -0.420. The average Bonchev–Trinajstić information content (AvgIpc) is 2.93. The summed E-state index contributed by atoms with van der Waals surface area (Å²) in [5.74, 6) is 0. The molecule has 2 rings (SSSR count). The zero-order chi connectivity index (χ0) is 13.3. The van der Waals surface area contributed by atoms with Gasteiger partial charge in [0.2, 0.25) is 0 Å². The quantitative estimate of drug-likeness (QED) is 0.744. The molecule has 1 heterocycles. The maximum Gasteiger partial charge on any atom is 0.0809 e. The van der Waals surface area contributed by atoms with E-state index in [-0.39, 0.29) is 0 Å². The first-order valence-electron chi connectivity index (χ1n) is 7.00. The summed E-state index contributed by atoms with van der Waals surface area (Å²) < 4.78 is 12.3. The molecule has 0 aromatic heterocycles. The minimum Gasteiger partial charge on any atom is -0.379 e. The highest BCUT2D eigenvalue weighted by atomic mass is 79.9. The number of hydrogen-bond donors (Lipinski definition) is 1. The van der Waals surface area contributed by atoms with E-state index in [2.05, 4.69) is 39.4 Å². The summed E-state index contributed by atoms with van der Waals surface area (Å²) in [4.78, 5) is 0. The Morgan fingerprint density at radius 2 is 2.26 bits per heavy atom. The lowest BCUT2D eigenvalue weighted by Gasteiger charge is -2.10. The Balaban J connectivity index is 1.47. The van der Waals surface area contributed by atoms with Crippen LogP contribution in [0.15, 0.2) is 28.7 Å². The van der Waals surface area contributed by atoms with E-state index in [4.69, 9.17) is 9.47 Å². The Bertz CT molecular complexity index is 367. The summed E-state index contributed by atoms with van der Waals surface area (Å²) in [6.45, 7) is 4.34. The first-order valence-corrected chi connectivity index (χ1v) is 7.79. The maximum atomic E-state index is 5.62. The van der Waals surface area contributed by atoms with Crippen LogP contribution in [0.2, 0.25) is 0 Å². The summed E-state index contributed by atoms with van der Waals surface area (Å²) in [6.07, 6.45) is 3.71. The highest BCUT2D eigenvalue weighted by molar-refractivity contribution is 9.10. The van der Waals surface area contributed by atoms with E-state index in [0.717, 1.165) is 50.2 Å². The van der Waals surface area contributed by atoms with E-state index >= 15 is 0 Å². The van der Waals surface area contributed by atoms with E-state index in [9.17, 15) is 0 Å². The molecular formula is C15H22BrNO2. The Morgan fingerprint density at radius 1 is 1.37 bits per heavy atom. The summed E-state index contributed by atoms with van der Waals surface area (Å²) >= 11 is 3.55. The third kappa shape index (κ3) is 5.61. The van der Waals surface area contributed by atoms with Crippen molar-refractivity contribution in [1.82, 2.24) is 5.32 Å². The summed E-state index contributed by atoms with van der Waals surface area (Å²) in [6, 6.07) is 8.30. The van der Waals surface area contributed by atoms with E-state index in [1.807, 2.05) is 6.07 Å². The molecule has 0 amide bonds. The maximum absolute atomic E-state index is 5.62. The summed E-state index contributed by atoms with van der Waals surface area (Å²) in [5, 5.41) is 3.43. The van der Waals surface area contributed by atoms with Crippen molar-refractivity contribution < 1.29 is 9.47 Å². The summed E-state index contributed by atoms with van der Waals surface area (Å²) in [7, 11) is 0. The predicted molar refractivity (Wildman–Crippen MR) is 80.3 cm³/mol. The molecule has 3 nitrogen and oxygen atoms in total. The van der Waals surface area contributed by atoms with E-state index < -0.39 is 0 Å². The zero-order valence-corrected chi connectivity index (χ0v) is 12.8. The lowest BCUT2D eigenvalue weighted by Crippen LogP contribution is -2.19. The molecule has 1 aromatic carbocycles. The first-order chi connectivity index (χ1) is 9.36. The van der Waals surface area contributed by atoms with Crippen LogP contribution in [0.25, 0.3) is 0 Å². The van der Waals surface area contributed by atoms with Crippen LogP contribution in [0.1, 0.15) is 24.8 Å². The normalized spacial score (nSPS) is 18.9. The van der Waals surface area contributed by atoms with Crippen molar-refractivity contribution in [2.24, 2.45) is 0 Å². The van der Waals surface area contributed by atoms with Crippen molar-refractivity contribution in [2.45, 2.75) is 31.9 Å². The van der Waals surface area contributed by atoms with Crippen LogP contribution in [0, 0.1) is 0 Å². The fourth-order valence-corrected chi connectivity index (χ4v) is 2.58. The molecule has 1 fully saturated rings. The average molecular weight is 328 g/mol. The lowest BCUT2D eigenvalue weighted by molar-refractivity contribution is 0.0166. The fourth-order valence-electron chi connectivity index (χ4n) is 2.15. The molecule has 1 atom stereocenters. The summed E-state index contributed by atoms with van der Waals surface area (Å²) in [5.41, 5.74) is 1.29. The van der Waals surface area contributed by atoms with Crippen molar-refractivity contribution in [1.29, 1.82) is 0 Å². The predicted octanol–water partition coefficient (Wildman–Crippen LogP) is 3.12. The second-order valence-corrected chi connectivity index (χ2v) is 5.69. The van der Waals surface area contributed by atoms with Crippen LogP contribution in [0.5, 0.6) is 0 Å². The topological polar surface area (TPSA) is 30.5 Å². The molecule has 1 aliphatic rings. The van der Waals surface area contributed by atoms with Gasteiger partial charge in [0.25, 0.3) is 0 Å². The van der Waals surface area contributed by atoms with Crippen LogP contribution >= 0.6 is 15.9 Å². The number of hydrogen-bond acceptors (Lipinski definition) is 3. The van der Waals surface area contributed by atoms with Gasteiger partial charge in [0.15, 0.2) is 0 Å². The zero-order valence-electron chi connectivity index (χ0n) is 11.2. The van der Waals surface area contributed by atoms with Crippen LogP contribution in [-0.2, 0) is 16.0 Å². The van der Waals surface area contributed by atoms with Crippen LogP contribution < -0.4 is 5.32 Å². The van der Waals surface area contributed by atoms with Gasteiger partial charge >= 0.3 is 0 Å². The van der Waals surface area contributed by atoms with Crippen molar-refractivity contribution in [3.63, 3.8) is 0 Å². The number of nitrogens with one attached hydrogen (secondary N) is 1. The van der Waals surface area contributed by atoms with Gasteiger partial charge in [0, 0.05) is 24.2 Å². The molecule has 1 unspecified atom stereocenters. The van der Waals surface area contributed by atoms with Crippen molar-refractivity contribution >= 4 is 15.9 Å². The Labute approximate surface area is 123 Å². The molecule has 4 heteroatoms. The lowest BCUT2D eigenvalue weighted by atomic mass is 10.2. The van der Waals surface area contributed by atoms with Gasteiger partial charge in [-0.05, 0) is 37.4 Å². The third-order valence-corrected chi connectivity index (χ3v) is 4.02. The molecule has 1 aliphatic heterocycles. The first kappa shape index (κ1) is 15.0. The monoisotopic (exact) mass is 327 g/mol. The van der Waals surface area contributed by atoms with Crippen LogP contribution in [0.3, 0.4) is 0 Å². The van der Waals surface area contributed by atoms with Gasteiger partial charge in [-0.3, -0.25) is 0 Å². The molecule has 106 valence electrons. The molecule has 0 saturated carbocycles. The van der Waals surface area contributed by atoms with Gasteiger partial charge in [-0.25, -0.2) is 0 Å². The van der Waals surface area contributed by atoms with Gasteiger partial charge in [0.05, 0.1) is 12.7 Å². The highest BCUT2D eigenvalue weighted by Crippen LogP contribution is 2.15. The SMILES string of the molecule is Brc1ccccc1CNCCCOCC1CCCO1. The standard InChI is InChI=1S/C15H22BrNO2/c16-15-7-2-1-5-13(15)11-17-8-4-9-18-12-14-6-3-10-19-14/h1-2,5,7,14,17H,3-4,6,8-12H2. The fraction of sp³-hybridized carbons (Fsp3) is 0.600. The second-order valence-electron chi connectivity index (χ2n) is 4.83. The largest absolute Gasteiger partial charge is 0.379 e. The molecule has 0 aliphatic carbocycles. The van der Waals surface area contributed by atoms with Crippen LogP contribution in [-0.4, -0.2) is 32.5 Å². The van der Waals surface area contributed by atoms with Crippen LogP contribution in [0.4, 0.5) is 0 Å².